The third-order valence-electron chi connectivity index (χ3n) is 0. The maximum absolute atomic E-state index is 8.56. The van der Waals surface area contributed by atoms with E-state index in [9.17, 15) is 0 Å². The van der Waals surface area contributed by atoms with Gasteiger partial charge in [0.05, 0.1) is 0 Å². The standard InChI is InChI=1S/CH2O3.Na.H2O2/c2-1(3)4;;1-2/h(H2,2,3,4);;1-2H/q;+1;/p-1. The zero-order valence-electron chi connectivity index (χ0n) is 3.66. The summed E-state index contributed by atoms with van der Waals surface area (Å²) in [6, 6.07) is 0. The molecule has 0 aliphatic rings. The monoisotopic (exact) mass is 118 g/mol. The fourth-order valence-corrected chi connectivity index (χ4v) is 0. The molecule has 0 spiro atoms. The van der Waals surface area contributed by atoms with Crippen molar-refractivity contribution in [3.63, 3.8) is 0 Å². The van der Waals surface area contributed by atoms with Gasteiger partial charge >= 0.3 is 35.7 Å². The molecule has 0 aromatic heterocycles. The second-order valence-electron chi connectivity index (χ2n) is 0.283. The van der Waals surface area contributed by atoms with Crippen molar-refractivity contribution in [2.24, 2.45) is 0 Å². The van der Waals surface area contributed by atoms with Gasteiger partial charge in [0, 0.05) is 0 Å². The van der Waals surface area contributed by atoms with Gasteiger partial charge in [0.2, 0.25) is 0 Å². The molecule has 0 atom stereocenters. The molecule has 0 aromatic carbocycles. The van der Waals surface area contributed by atoms with Crippen LogP contribution in [-0.4, -0.2) is 21.6 Å². The predicted molar refractivity (Wildman–Crippen MR) is 13.3 cm³/mol. The molecule has 7 heavy (non-hydrogen) atoms. The average Bonchev–Trinajstić information content (AvgIpc) is 1.41. The van der Waals surface area contributed by atoms with Gasteiger partial charge in [0.25, 0.3) is 0 Å². The Morgan fingerprint density at radius 1 is 1.29 bits per heavy atom. The van der Waals surface area contributed by atoms with Crippen LogP contribution in [0.15, 0.2) is 0 Å². The van der Waals surface area contributed by atoms with E-state index in [1.54, 1.807) is 0 Å². The molecule has 3 N–H and O–H groups in total. The molecule has 0 amide bonds. The van der Waals surface area contributed by atoms with Gasteiger partial charge in [-0.2, -0.15) is 0 Å². The smallest absolute Gasteiger partial charge is 0.727 e. The number of carboxylic acid groups (broad SMARTS) is 2. The molecule has 0 aliphatic carbocycles. The summed E-state index contributed by atoms with van der Waals surface area (Å²) in [5.74, 6) is 0. The summed E-state index contributed by atoms with van der Waals surface area (Å²) in [5, 5.41) is 26.9. The number of rotatable bonds is 0. The van der Waals surface area contributed by atoms with Crippen molar-refractivity contribution in [2.75, 3.05) is 0 Å². The summed E-state index contributed by atoms with van der Waals surface area (Å²) in [4.78, 5) is 8.56. The Morgan fingerprint density at radius 3 is 1.29 bits per heavy atom. The van der Waals surface area contributed by atoms with E-state index in [1.165, 1.54) is 0 Å². The first-order chi connectivity index (χ1) is 2.73. The minimum absolute atomic E-state index is 0. The summed E-state index contributed by atoms with van der Waals surface area (Å²) in [6.45, 7) is 0. The van der Waals surface area contributed by atoms with Crippen LogP contribution in [0, 0.1) is 0 Å². The SMILES string of the molecule is O=C(O)O.[Na+].[O-]O. The second kappa shape index (κ2) is 16.4. The molecule has 0 fully saturated rings. The molecule has 6 heteroatoms. The molecule has 0 radical (unpaired) electrons. The quantitative estimate of drug-likeness (QED) is 0.171. The van der Waals surface area contributed by atoms with Crippen molar-refractivity contribution in [2.45, 2.75) is 0 Å². The van der Waals surface area contributed by atoms with Gasteiger partial charge < -0.3 is 20.7 Å². The topological polar surface area (TPSA) is 101 Å². The number of carbonyl (C=O) groups is 1. The molecule has 0 bridgehead atoms. The van der Waals surface area contributed by atoms with Crippen LogP contribution in [0.1, 0.15) is 0 Å². The summed E-state index contributed by atoms with van der Waals surface area (Å²) < 4.78 is 0. The molecular weight excluding hydrogens is 115 g/mol. The fraction of sp³-hybridized carbons (Fsp3) is 0. The molecule has 38 valence electrons. The van der Waals surface area contributed by atoms with Crippen molar-refractivity contribution >= 4 is 6.16 Å². The van der Waals surface area contributed by atoms with Crippen LogP contribution in [0.3, 0.4) is 0 Å². The van der Waals surface area contributed by atoms with Crippen molar-refractivity contribution in [3.05, 3.63) is 0 Å². The number of hydrogen-bond acceptors (Lipinski definition) is 3. The van der Waals surface area contributed by atoms with E-state index in [1.807, 2.05) is 0 Å². The van der Waals surface area contributed by atoms with Gasteiger partial charge in [-0.25, -0.2) is 4.79 Å². The molecule has 0 unspecified atom stereocenters. The van der Waals surface area contributed by atoms with Gasteiger partial charge in [-0.1, -0.05) is 0 Å². The van der Waals surface area contributed by atoms with Gasteiger partial charge in [0.15, 0.2) is 0 Å². The van der Waals surface area contributed by atoms with Gasteiger partial charge in [0.1, 0.15) is 0 Å². The van der Waals surface area contributed by atoms with Crippen LogP contribution in [0.4, 0.5) is 4.79 Å². The largest absolute Gasteiger partial charge is 1.00 e. The van der Waals surface area contributed by atoms with Crippen LogP contribution < -0.4 is 34.8 Å². The second-order valence-corrected chi connectivity index (χ2v) is 0.283. The minimum atomic E-state index is -1.83. The Labute approximate surface area is 61.4 Å². The third kappa shape index (κ3) is 3010. The summed E-state index contributed by atoms with van der Waals surface area (Å²) in [5.41, 5.74) is 0. The van der Waals surface area contributed by atoms with E-state index >= 15 is 0 Å². The first-order valence-corrected chi connectivity index (χ1v) is 0.834. The van der Waals surface area contributed by atoms with E-state index in [4.69, 9.17) is 25.5 Å². The van der Waals surface area contributed by atoms with Crippen LogP contribution in [-0.2, 0) is 0 Å². The maximum atomic E-state index is 8.56. The third-order valence-corrected chi connectivity index (χ3v) is 0. The molecule has 5 nitrogen and oxygen atoms in total. The Balaban J connectivity index is -0.0000000480. The van der Waals surface area contributed by atoms with Crippen LogP contribution in [0.2, 0.25) is 0 Å². The summed E-state index contributed by atoms with van der Waals surface area (Å²) >= 11 is 0. The number of hydrogen-bond donors (Lipinski definition) is 3. The Bertz CT molecular complexity index is 31.1. The molecule has 0 heterocycles. The van der Waals surface area contributed by atoms with E-state index in [0.717, 1.165) is 0 Å². The first kappa shape index (κ1) is 15.7. The molecule has 0 saturated heterocycles. The molecular formula is CH3NaO5. The Kier molecular flexibility index (Phi) is 36.7. The maximum Gasteiger partial charge on any atom is 1.00 e. The first-order valence-electron chi connectivity index (χ1n) is 0.834. The zero-order chi connectivity index (χ0) is 5.58. The van der Waals surface area contributed by atoms with Crippen molar-refractivity contribution in [1.82, 2.24) is 0 Å². The van der Waals surface area contributed by atoms with Crippen LogP contribution in [0.5, 0.6) is 0 Å². The van der Waals surface area contributed by atoms with Gasteiger partial charge in [-0.05, 0) is 0 Å². The molecule has 0 aromatic rings. The van der Waals surface area contributed by atoms with Crippen LogP contribution >= 0.6 is 0 Å². The van der Waals surface area contributed by atoms with E-state index in [0.29, 0.717) is 0 Å². The van der Waals surface area contributed by atoms with E-state index in [2.05, 4.69) is 0 Å². The molecule has 0 rings (SSSR count). The van der Waals surface area contributed by atoms with E-state index in [-0.39, 0.29) is 29.6 Å². The normalized spacial score (nSPS) is 4.29. The Morgan fingerprint density at radius 2 is 1.29 bits per heavy atom. The minimum Gasteiger partial charge on any atom is -0.727 e. The van der Waals surface area contributed by atoms with Crippen molar-refractivity contribution < 1.29 is 55.1 Å². The van der Waals surface area contributed by atoms with Crippen molar-refractivity contribution in [1.29, 1.82) is 0 Å². The van der Waals surface area contributed by atoms with Gasteiger partial charge in [-0.3, -0.25) is 0 Å². The fourth-order valence-electron chi connectivity index (χ4n) is 0. The Hall–Kier alpha value is 0.190. The van der Waals surface area contributed by atoms with E-state index < -0.39 is 6.16 Å². The average molecular weight is 118 g/mol. The van der Waals surface area contributed by atoms with Gasteiger partial charge in [-0.15, -0.1) is 0 Å². The van der Waals surface area contributed by atoms with Crippen molar-refractivity contribution in [3.8, 4) is 0 Å². The predicted octanol–water partition coefficient (Wildman–Crippen LogP) is -3.95. The zero-order valence-corrected chi connectivity index (χ0v) is 5.66. The van der Waals surface area contributed by atoms with Crippen LogP contribution in [0.25, 0.3) is 0 Å². The summed E-state index contributed by atoms with van der Waals surface area (Å²) in [6.07, 6.45) is -1.83. The molecule has 0 aliphatic heterocycles. The summed E-state index contributed by atoms with van der Waals surface area (Å²) in [7, 11) is 0. The molecule has 0 saturated carbocycles.